The first-order chi connectivity index (χ1) is 55.8. The van der Waals surface area contributed by atoms with Crippen LogP contribution >= 0.6 is 0 Å². The summed E-state index contributed by atoms with van der Waals surface area (Å²) >= 11 is 0. The fraction of sp³-hybridized carbons (Fsp3) is 0.0727. The molecule has 1 heterocycles. The zero-order valence-corrected chi connectivity index (χ0v) is 64.9. The molecular formula is C110H84N4. The molecule has 17 aromatic carbocycles. The number of benzene rings is 17. The molecule has 0 saturated carbocycles. The molecule has 114 heavy (non-hydrogen) atoms. The van der Waals surface area contributed by atoms with Crippen molar-refractivity contribution in [2.75, 3.05) is 14.7 Å². The Kier molecular flexibility index (Phi) is 17.0. The van der Waals surface area contributed by atoms with Crippen LogP contribution in [-0.2, 0) is 10.8 Å². The van der Waals surface area contributed by atoms with Gasteiger partial charge in [0.2, 0.25) is 0 Å². The number of hydrogen-bond donors (Lipinski definition) is 0. The summed E-state index contributed by atoms with van der Waals surface area (Å²) < 4.78 is 2.47. The highest BCUT2D eigenvalue weighted by Gasteiger charge is 2.38. The molecule has 4 nitrogen and oxygen atoms in total. The highest BCUT2D eigenvalue weighted by molar-refractivity contribution is 6.13. The van der Waals surface area contributed by atoms with Crippen LogP contribution in [0.4, 0.5) is 51.2 Å². The third-order valence-corrected chi connectivity index (χ3v) is 24.1. The Labute approximate surface area is 668 Å². The summed E-state index contributed by atoms with van der Waals surface area (Å²) in [6.07, 6.45) is 0. The van der Waals surface area contributed by atoms with E-state index >= 15 is 0 Å². The highest BCUT2D eigenvalue weighted by atomic mass is 15.2. The van der Waals surface area contributed by atoms with E-state index in [-0.39, 0.29) is 10.8 Å². The van der Waals surface area contributed by atoms with Gasteiger partial charge < -0.3 is 19.3 Å². The maximum absolute atomic E-state index is 2.56. The van der Waals surface area contributed by atoms with Crippen molar-refractivity contribution in [3.63, 3.8) is 0 Å². The van der Waals surface area contributed by atoms with E-state index < -0.39 is 0 Å². The van der Waals surface area contributed by atoms with Gasteiger partial charge in [0, 0.05) is 78.2 Å². The standard InChI is InChI=1S/C110H84N4/c1-73-35-49-85(50-36-73)111(86-51-37-74(2)38-52-86)87-59-45-82(46-60-87)97-71-108(113(89-55-41-80(42-56-89)76-25-13-8-14-26-76)92-62-64-96-94-32-20-22-34-102(94)110(5,6)104(96)70-92)98(72-107(97)112(88-53-39-79(40-54-88)75-23-11-7-12-24-75)91-61-63-95-93-31-19-21-33-101(93)109(3,4)103(95)69-91)84-48-66-106-100(68-84)99-67-83(78-29-17-10-18-30-78)47-65-105(99)114(106)90-57-43-81(44-58-90)77-27-15-9-16-28-77/h7-72H,1-6H3. The second kappa shape index (κ2) is 28.1. The van der Waals surface area contributed by atoms with Gasteiger partial charge in [0.15, 0.2) is 0 Å². The summed E-state index contributed by atoms with van der Waals surface area (Å²) in [6, 6.07) is 150. The van der Waals surface area contributed by atoms with Gasteiger partial charge in [0.25, 0.3) is 0 Å². The Bertz CT molecular complexity index is 6620. The Morgan fingerprint density at radius 3 is 0.904 bits per heavy atom. The predicted octanol–water partition coefficient (Wildman–Crippen LogP) is 30.4. The normalized spacial score (nSPS) is 12.8. The first kappa shape index (κ1) is 69.2. The molecular weight excluding hydrogens is 1380 g/mol. The van der Waals surface area contributed by atoms with Crippen LogP contribution in [-0.4, -0.2) is 4.57 Å². The van der Waals surface area contributed by atoms with Crippen LogP contribution in [0.1, 0.15) is 61.1 Å². The van der Waals surface area contributed by atoms with Gasteiger partial charge in [-0.3, -0.25) is 0 Å². The zero-order chi connectivity index (χ0) is 76.8. The summed E-state index contributed by atoms with van der Waals surface area (Å²) in [7, 11) is 0. The molecule has 0 saturated heterocycles. The SMILES string of the molecule is Cc1ccc(N(c2ccc(C)cc2)c2ccc(-c3cc(N(c4ccc(-c5ccccc5)cc4)c4ccc5c(c4)C(C)(C)c4ccccc4-5)c(-c4ccc5c(c4)c4cc(-c6ccccc6)ccc4n5-c4ccc(-c5ccccc5)cc4)cc3N(c3ccc(-c4ccccc4)cc3)c3ccc4c(c3)C(C)(C)c3ccccc3-4)cc2)cc1. The molecule has 2 aliphatic rings. The molecule has 0 radical (unpaired) electrons. The smallest absolute Gasteiger partial charge is 0.0547 e. The summed E-state index contributed by atoms with van der Waals surface area (Å²) in [5.41, 5.74) is 38.5. The average Bonchev–Trinajstić information content (AvgIpc) is 1.45. The Morgan fingerprint density at radius 2 is 0.491 bits per heavy atom. The van der Waals surface area contributed by atoms with Crippen molar-refractivity contribution in [3.05, 3.63) is 434 Å². The van der Waals surface area contributed by atoms with Crippen LogP contribution in [0.25, 0.3) is 117 Å². The van der Waals surface area contributed by atoms with Crippen LogP contribution in [0, 0.1) is 13.8 Å². The molecule has 0 N–H and O–H groups in total. The Morgan fingerprint density at radius 1 is 0.202 bits per heavy atom. The van der Waals surface area contributed by atoms with Gasteiger partial charge in [-0.1, -0.05) is 306 Å². The first-order valence-corrected chi connectivity index (χ1v) is 39.8. The van der Waals surface area contributed by atoms with E-state index in [1.54, 1.807) is 0 Å². The Hall–Kier alpha value is -14.1. The molecule has 0 bridgehead atoms. The quantitative estimate of drug-likeness (QED) is 0.0958. The van der Waals surface area contributed by atoms with E-state index in [1.807, 2.05) is 0 Å². The highest BCUT2D eigenvalue weighted by Crippen LogP contribution is 2.57. The molecule has 0 unspecified atom stereocenters. The van der Waals surface area contributed by atoms with Crippen LogP contribution in [0.3, 0.4) is 0 Å². The van der Waals surface area contributed by atoms with E-state index in [2.05, 4.69) is 461 Å². The molecule has 0 aliphatic heterocycles. The molecule has 2 aliphatic carbocycles. The van der Waals surface area contributed by atoms with E-state index in [1.165, 1.54) is 77.7 Å². The number of aromatic nitrogens is 1. The summed E-state index contributed by atoms with van der Waals surface area (Å²) in [5, 5.41) is 2.32. The van der Waals surface area contributed by atoms with Gasteiger partial charge >= 0.3 is 0 Å². The first-order valence-electron chi connectivity index (χ1n) is 39.8. The molecule has 1 aromatic heterocycles. The molecule has 0 spiro atoms. The lowest BCUT2D eigenvalue weighted by Crippen LogP contribution is -2.18. The molecule has 18 aromatic rings. The third kappa shape index (κ3) is 12.1. The van der Waals surface area contributed by atoms with Crippen molar-refractivity contribution in [1.82, 2.24) is 4.57 Å². The second-order valence-electron chi connectivity index (χ2n) is 31.8. The molecule has 0 fully saturated rings. The van der Waals surface area contributed by atoms with Crippen LogP contribution < -0.4 is 14.7 Å². The monoisotopic (exact) mass is 1460 g/mol. The van der Waals surface area contributed by atoms with Crippen molar-refractivity contribution >= 4 is 73.0 Å². The number of fused-ring (bicyclic) bond motifs is 9. The lowest BCUT2D eigenvalue weighted by Gasteiger charge is -2.34. The maximum Gasteiger partial charge on any atom is 0.0547 e. The average molecular weight is 1460 g/mol. The van der Waals surface area contributed by atoms with E-state index in [4.69, 9.17) is 0 Å². The fourth-order valence-corrected chi connectivity index (χ4v) is 18.1. The lowest BCUT2D eigenvalue weighted by atomic mass is 9.82. The predicted molar refractivity (Wildman–Crippen MR) is 482 cm³/mol. The Balaban J connectivity index is 0.896. The number of anilines is 9. The summed E-state index contributed by atoms with van der Waals surface area (Å²) in [4.78, 5) is 7.50. The van der Waals surface area contributed by atoms with Crippen LogP contribution in [0.15, 0.2) is 400 Å². The molecule has 20 rings (SSSR count). The van der Waals surface area contributed by atoms with E-state index in [0.717, 1.165) is 123 Å². The number of nitrogens with zero attached hydrogens (tertiary/aromatic N) is 4. The van der Waals surface area contributed by atoms with Gasteiger partial charge in [0.05, 0.1) is 22.4 Å². The number of aryl methyl sites for hydroxylation is 2. The van der Waals surface area contributed by atoms with Gasteiger partial charge in [0.1, 0.15) is 0 Å². The maximum atomic E-state index is 2.56. The zero-order valence-electron chi connectivity index (χ0n) is 64.9. The van der Waals surface area contributed by atoms with Gasteiger partial charge in [-0.25, -0.2) is 0 Å². The topological polar surface area (TPSA) is 14.7 Å². The van der Waals surface area contributed by atoms with Gasteiger partial charge in [-0.15, -0.1) is 0 Å². The number of hydrogen-bond acceptors (Lipinski definition) is 3. The number of rotatable bonds is 16. The lowest BCUT2D eigenvalue weighted by molar-refractivity contribution is 0.660. The third-order valence-electron chi connectivity index (χ3n) is 24.1. The van der Waals surface area contributed by atoms with Crippen molar-refractivity contribution in [2.24, 2.45) is 0 Å². The van der Waals surface area contributed by atoms with Crippen molar-refractivity contribution in [1.29, 1.82) is 0 Å². The summed E-state index contributed by atoms with van der Waals surface area (Å²) in [5.74, 6) is 0. The molecule has 544 valence electrons. The summed E-state index contributed by atoms with van der Waals surface area (Å²) in [6.45, 7) is 13.9. The molecule has 0 atom stereocenters. The minimum absolute atomic E-state index is 0.291. The van der Waals surface area contributed by atoms with Crippen molar-refractivity contribution in [2.45, 2.75) is 52.4 Å². The van der Waals surface area contributed by atoms with E-state index in [0.29, 0.717) is 0 Å². The largest absolute Gasteiger partial charge is 0.311 e. The van der Waals surface area contributed by atoms with Crippen LogP contribution in [0.2, 0.25) is 0 Å². The van der Waals surface area contributed by atoms with Crippen molar-refractivity contribution in [3.8, 4) is 94.7 Å². The minimum Gasteiger partial charge on any atom is -0.311 e. The van der Waals surface area contributed by atoms with Crippen molar-refractivity contribution < 1.29 is 0 Å². The molecule has 4 heteroatoms. The van der Waals surface area contributed by atoms with E-state index in [9.17, 15) is 0 Å². The minimum atomic E-state index is -0.294. The van der Waals surface area contributed by atoms with Gasteiger partial charge in [-0.05, 0) is 247 Å². The van der Waals surface area contributed by atoms with Gasteiger partial charge in [-0.2, -0.15) is 0 Å². The second-order valence-corrected chi connectivity index (χ2v) is 31.8. The molecule has 0 amide bonds. The fourth-order valence-electron chi connectivity index (χ4n) is 18.1. The van der Waals surface area contributed by atoms with Crippen LogP contribution in [0.5, 0.6) is 0 Å².